The minimum absolute atomic E-state index is 0.107. The van der Waals surface area contributed by atoms with E-state index in [9.17, 15) is 9.59 Å². The second-order valence-corrected chi connectivity index (χ2v) is 4.30. The molecule has 0 N–H and O–H groups in total. The van der Waals surface area contributed by atoms with Gasteiger partial charge in [0, 0.05) is 33.2 Å². The van der Waals surface area contributed by atoms with Gasteiger partial charge in [-0.3, -0.25) is 9.59 Å². The molecule has 5 nitrogen and oxygen atoms in total. The molecule has 0 spiro atoms. The van der Waals surface area contributed by atoms with Gasteiger partial charge in [0.1, 0.15) is 0 Å². The molecule has 1 heterocycles. The van der Waals surface area contributed by atoms with Crippen LogP contribution in [0.5, 0.6) is 0 Å². The Morgan fingerprint density at radius 3 is 2.76 bits per heavy atom. The lowest BCUT2D eigenvalue weighted by Crippen LogP contribution is -2.42. The molecule has 1 amide bonds. The van der Waals surface area contributed by atoms with Crippen LogP contribution in [-0.4, -0.2) is 50.7 Å². The highest BCUT2D eigenvalue weighted by molar-refractivity contribution is 5.78. The number of esters is 1. The monoisotopic (exact) mass is 243 g/mol. The Morgan fingerprint density at radius 2 is 2.12 bits per heavy atom. The van der Waals surface area contributed by atoms with E-state index in [4.69, 9.17) is 9.47 Å². The fourth-order valence-electron chi connectivity index (χ4n) is 2.09. The van der Waals surface area contributed by atoms with Gasteiger partial charge in [0.25, 0.3) is 0 Å². The molecule has 0 aromatic rings. The third kappa shape index (κ3) is 4.34. The van der Waals surface area contributed by atoms with Crippen LogP contribution in [-0.2, 0) is 19.1 Å². The number of methoxy groups -OCH3 is 2. The van der Waals surface area contributed by atoms with Gasteiger partial charge in [0.05, 0.1) is 13.0 Å². The molecule has 0 aromatic heterocycles. The highest BCUT2D eigenvalue weighted by Gasteiger charge is 2.28. The first-order chi connectivity index (χ1) is 8.19. The summed E-state index contributed by atoms with van der Waals surface area (Å²) in [6.07, 6.45) is 2.90. The zero-order valence-electron chi connectivity index (χ0n) is 10.6. The van der Waals surface area contributed by atoms with Crippen molar-refractivity contribution < 1.29 is 19.1 Å². The summed E-state index contributed by atoms with van der Waals surface area (Å²) < 4.78 is 9.63. The third-order valence-corrected chi connectivity index (χ3v) is 3.05. The molecule has 0 aromatic carbocycles. The second-order valence-electron chi connectivity index (χ2n) is 4.30. The zero-order chi connectivity index (χ0) is 12.7. The number of carbonyl (C=O) groups is 2. The van der Waals surface area contributed by atoms with Gasteiger partial charge in [-0.05, 0) is 19.3 Å². The lowest BCUT2D eigenvalue weighted by Gasteiger charge is -2.31. The molecule has 1 atom stereocenters. The van der Waals surface area contributed by atoms with E-state index in [1.165, 1.54) is 7.11 Å². The van der Waals surface area contributed by atoms with E-state index in [0.717, 1.165) is 25.8 Å². The Labute approximate surface area is 102 Å². The number of rotatable bonds is 5. The summed E-state index contributed by atoms with van der Waals surface area (Å²) in [5.41, 5.74) is 0. The standard InChI is InChI=1S/C12H21NO4/c1-16-8-4-6-11(14)13-7-3-5-10(9-13)12(15)17-2/h10H,3-9H2,1-2H3. The van der Waals surface area contributed by atoms with Gasteiger partial charge < -0.3 is 14.4 Å². The molecule has 1 rings (SSSR count). The van der Waals surface area contributed by atoms with E-state index in [0.29, 0.717) is 19.6 Å². The molecular weight excluding hydrogens is 222 g/mol. The van der Waals surface area contributed by atoms with E-state index in [-0.39, 0.29) is 17.8 Å². The third-order valence-electron chi connectivity index (χ3n) is 3.05. The van der Waals surface area contributed by atoms with Gasteiger partial charge in [0.2, 0.25) is 5.91 Å². The van der Waals surface area contributed by atoms with Crippen LogP contribution in [0.15, 0.2) is 0 Å². The molecule has 17 heavy (non-hydrogen) atoms. The van der Waals surface area contributed by atoms with Gasteiger partial charge >= 0.3 is 5.97 Å². The van der Waals surface area contributed by atoms with Gasteiger partial charge in [-0.15, -0.1) is 0 Å². The van der Waals surface area contributed by atoms with Crippen LogP contribution in [0.1, 0.15) is 25.7 Å². The number of amides is 1. The molecular formula is C12H21NO4. The topological polar surface area (TPSA) is 55.8 Å². The number of piperidine rings is 1. The van der Waals surface area contributed by atoms with E-state index in [2.05, 4.69) is 0 Å². The van der Waals surface area contributed by atoms with Gasteiger partial charge in [-0.2, -0.15) is 0 Å². The van der Waals surface area contributed by atoms with Crippen molar-refractivity contribution in [2.45, 2.75) is 25.7 Å². The first-order valence-electron chi connectivity index (χ1n) is 6.03. The molecule has 1 aliphatic heterocycles. The summed E-state index contributed by atoms with van der Waals surface area (Å²) in [6.45, 7) is 1.85. The van der Waals surface area contributed by atoms with Crippen molar-refractivity contribution in [3.8, 4) is 0 Å². The van der Waals surface area contributed by atoms with Crippen molar-refractivity contribution in [2.75, 3.05) is 33.9 Å². The lowest BCUT2D eigenvalue weighted by molar-refractivity contribution is -0.149. The van der Waals surface area contributed by atoms with E-state index < -0.39 is 0 Å². The minimum atomic E-state index is -0.209. The highest BCUT2D eigenvalue weighted by atomic mass is 16.5. The summed E-state index contributed by atoms with van der Waals surface area (Å²) in [5, 5.41) is 0. The van der Waals surface area contributed by atoms with Crippen molar-refractivity contribution in [3.63, 3.8) is 0 Å². The van der Waals surface area contributed by atoms with Gasteiger partial charge in [-0.25, -0.2) is 0 Å². The van der Waals surface area contributed by atoms with Crippen LogP contribution >= 0.6 is 0 Å². The Morgan fingerprint density at radius 1 is 1.35 bits per heavy atom. The van der Waals surface area contributed by atoms with E-state index in [1.807, 2.05) is 0 Å². The second kappa shape index (κ2) is 7.27. The van der Waals surface area contributed by atoms with Crippen LogP contribution in [0.4, 0.5) is 0 Å². The maximum atomic E-state index is 11.8. The predicted molar refractivity (Wildman–Crippen MR) is 62.4 cm³/mol. The number of carbonyl (C=O) groups excluding carboxylic acids is 2. The summed E-state index contributed by atoms with van der Waals surface area (Å²) in [7, 11) is 3.01. The number of hydrogen-bond acceptors (Lipinski definition) is 4. The Hall–Kier alpha value is -1.10. The van der Waals surface area contributed by atoms with Crippen LogP contribution in [0, 0.1) is 5.92 Å². The first-order valence-corrected chi connectivity index (χ1v) is 6.03. The minimum Gasteiger partial charge on any atom is -0.469 e. The quantitative estimate of drug-likeness (QED) is 0.530. The van der Waals surface area contributed by atoms with Crippen LogP contribution < -0.4 is 0 Å². The van der Waals surface area contributed by atoms with Gasteiger partial charge in [0.15, 0.2) is 0 Å². The van der Waals surface area contributed by atoms with Crippen molar-refractivity contribution in [3.05, 3.63) is 0 Å². The molecule has 0 saturated carbocycles. The highest BCUT2D eigenvalue weighted by Crippen LogP contribution is 2.18. The van der Waals surface area contributed by atoms with E-state index >= 15 is 0 Å². The number of ether oxygens (including phenoxy) is 2. The average molecular weight is 243 g/mol. The van der Waals surface area contributed by atoms with Crippen molar-refractivity contribution in [2.24, 2.45) is 5.92 Å². The molecule has 1 unspecified atom stereocenters. The molecule has 0 bridgehead atoms. The molecule has 98 valence electrons. The largest absolute Gasteiger partial charge is 0.469 e. The molecule has 0 radical (unpaired) electrons. The molecule has 1 saturated heterocycles. The fourth-order valence-corrected chi connectivity index (χ4v) is 2.09. The number of nitrogens with zero attached hydrogens (tertiary/aromatic N) is 1. The first kappa shape index (κ1) is 14.0. The smallest absolute Gasteiger partial charge is 0.310 e. The summed E-state index contributed by atoms with van der Waals surface area (Å²) in [5.74, 6) is -0.254. The van der Waals surface area contributed by atoms with Crippen LogP contribution in [0.3, 0.4) is 0 Å². The number of likely N-dealkylation sites (tertiary alicyclic amines) is 1. The van der Waals surface area contributed by atoms with Crippen molar-refractivity contribution in [1.82, 2.24) is 4.90 Å². The Kier molecular flexibility index (Phi) is 5.97. The Bertz CT molecular complexity index is 267. The van der Waals surface area contributed by atoms with Crippen LogP contribution in [0.25, 0.3) is 0 Å². The Balaban J connectivity index is 2.37. The summed E-state index contributed by atoms with van der Waals surface area (Å²) in [6, 6.07) is 0. The fraction of sp³-hybridized carbons (Fsp3) is 0.833. The predicted octanol–water partition coefficient (Wildman–Crippen LogP) is 0.825. The van der Waals surface area contributed by atoms with E-state index in [1.54, 1.807) is 12.0 Å². The van der Waals surface area contributed by atoms with Gasteiger partial charge in [-0.1, -0.05) is 0 Å². The average Bonchev–Trinajstić information content (AvgIpc) is 2.38. The SMILES string of the molecule is COCCCC(=O)N1CCCC(C(=O)OC)C1. The lowest BCUT2D eigenvalue weighted by atomic mass is 9.98. The molecule has 1 aliphatic rings. The maximum absolute atomic E-state index is 11.8. The zero-order valence-corrected chi connectivity index (χ0v) is 10.6. The maximum Gasteiger partial charge on any atom is 0.310 e. The van der Waals surface area contributed by atoms with Crippen molar-refractivity contribution >= 4 is 11.9 Å². The summed E-state index contributed by atoms with van der Waals surface area (Å²) >= 11 is 0. The molecule has 0 aliphatic carbocycles. The normalized spacial score (nSPS) is 20.1. The van der Waals surface area contributed by atoms with Crippen molar-refractivity contribution in [1.29, 1.82) is 0 Å². The van der Waals surface area contributed by atoms with Crippen LogP contribution in [0.2, 0.25) is 0 Å². The molecule has 1 fully saturated rings. The summed E-state index contributed by atoms with van der Waals surface area (Å²) in [4.78, 5) is 25.0. The number of hydrogen-bond donors (Lipinski definition) is 0. The molecule has 5 heteroatoms.